The third-order valence-corrected chi connectivity index (χ3v) is 8.71. The second-order valence-electron chi connectivity index (χ2n) is 5.30. The van der Waals surface area contributed by atoms with Gasteiger partial charge >= 0.3 is 102 Å². The van der Waals surface area contributed by atoms with Crippen molar-refractivity contribution >= 4 is 27.7 Å². The second kappa shape index (κ2) is 6.16. The van der Waals surface area contributed by atoms with Crippen molar-refractivity contribution in [3.8, 4) is 0 Å². The summed E-state index contributed by atoms with van der Waals surface area (Å²) in [6, 6.07) is 8.84. The van der Waals surface area contributed by atoms with Gasteiger partial charge in [-0.05, 0) is 0 Å². The monoisotopic (exact) mass is 413 g/mol. The van der Waals surface area contributed by atoms with Gasteiger partial charge in [0.25, 0.3) is 0 Å². The molecular weight excluding hydrogens is 394 g/mol. The fourth-order valence-electron chi connectivity index (χ4n) is 1.76. The Bertz CT molecular complexity index is 408. The van der Waals surface area contributed by atoms with Crippen molar-refractivity contribution in [1.29, 1.82) is 0 Å². The summed E-state index contributed by atoms with van der Waals surface area (Å²) in [6.45, 7) is 3.84. The van der Waals surface area contributed by atoms with Crippen LogP contribution in [-0.2, 0) is 37.5 Å². The van der Waals surface area contributed by atoms with E-state index in [0.717, 1.165) is 12.1 Å². The van der Waals surface area contributed by atoms with Crippen LogP contribution in [0.15, 0.2) is 29.4 Å². The summed E-state index contributed by atoms with van der Waals surface area (Å²) in [5.74, 6) is 0. The molecule has 2 rings (SSSR count). The van der Waals surface area contributed by atoms with Gasteiger partial charge in [0.05, 0.1) is 0 Å². The molecule has 0 saturated heterocycles. The third-order valence-electron chi connectivity index (χ3n) is 2.82. The Hall–Kier alpha value is 0.593. The van der Waals surface area contributed by atoms with E-state index in [1.807, 2.05) is 0 Å². The first-order valence-electron chi connectivity index (χ1n) is 5.63. The number of nitrogens with zero attached hydrogens (tertiary/aromatic N) is 1. The number of benzene rings is 1. The van der Waals surface area contributed by atoms with Crippen molar-refractivity contribution in [2.24, 2.45) is 5.16 Å². The van der Waals surface area contributed by atoms with Gasteiger partial charge in [-0.3, -0.25) is 0 Å². The Morgan fingerprint density at radius 3 is 2.24 bits per heavy atom. The maximum Gasteiger partial charge on any atom is 0 e. The first kappa shape index (κ1) is 15.6. The molecule has 0 fully saturated rings. The molecule has 89 valence electrons. The van der Waals surface area contributed by atoms with Gasteiger partial charge in [-0.25, -0.2) is 0 Å². The molecule has 0 N–H and O–H groups in total. The predicted molar refractivity (Wildman–Crippen MR) is 70.8 cm³/mol. The molecular formula is C13H18NOSnY-. The summed E-state index contributed by atoms with van der Waals surface area (Å²) in [4.78, 5) is 12.4. The van der Waals surface area contributed by atoms with Crippen molar-refractivity contribution in [3.63, 3.8) is 0 Å². The van der Waals surface area contributed by atoms with E-state index in [0.29, 0.717) is 0 Å². The van der Waals surface area contributed by atoms with Gasteiger partial charge in [-0.2, -0.15) is 0 Å². The zero-order valence-electron chi connectivity index (χ0n) is 10.7. The van der Waals surface area contributed by atoms with Crippen molar-refractivity contribution in [2.75, 3.05) is 0 Å². The molecule has 0 amide bonds. The quantitative estimate of drug-likeness (QED) is 0.541. The molecule has 1 atom stereocenters. The minimum absolute atomic E-state index is 0. The number of hydrogen-bond acceptors (Lipinski definition) is 2. The van der Waals surface area contributed by atoms with Crippen LogP contribution in [0.4, 0.5) is 0 Å². The predicted octanol–water partition coefficient (Wildman–Crippen LogP) is 2.56. The standard InChI is InChI=1S/C10H9NO.3CH3.Sn.Y/c1-8-7-10(11-12-8)9-5-3-2-4-6-9;;;;;/h3-6,8H,1,7H2;3*1H3;;/q-1;;;;;/t8-;;;;;/m1...../s1. The van der Waals surface area contributed by atoms with Gasteiger partial charge < -0.3 is 0 Å². The van der Waals surface area contributed by atoms with Crippen LogP contribution < -0.4 is 3.58 Å². The van der Waals surface area contributed by atoms with Crippen molar-refractivity contribution in [1.82, 2.24) is 0 Å². The van der Waals surface area contributed by atoms with E-state index in [9.17, 15) is 0 Å². The third kappa shape index (κ3) is 4.03. The maximum atomic E-state index is 5.11. The molecule has 1 radical (unpaired) electrons. The molecule has 4 heteroatoms. The van der Waals surface area contributed by atoms with Crippen molar-refractivity contribution < 1.29 is 37.5 Å². The largest absolute Gasteiger partial charge is 0 e. The maximum absolute atomic E-state index is 5.11. The van der Waals surface area contributed by atoms with Crippen LogP contribution in [0, 0.1) is 6.92 Å². The fraction of sp³-hybridized carbons (Fsp3) is 0.385. The molecule has 1 aliphatic rings. The summed E-state index contributed by atoms with van der Waals surface area (Å²) in [7, 11) is 0. The summed E-state index contributed by atoms with van der Waals surface area (Å²) in [5, 5.41) is 4.05. The van der Waals surface area contributed by atoms with E-state index in [2.05, 4.69) is 51.2 Å². The second-order valence-corrected chi connectivity index (χ2v) is 19.8. The van der Waals surface area contributed by atoms with Gasteiger partial charge in [0.15, 0.2) is 0 Å². The molecule has 0 aliphatic carbocycles. The summed E-state index contributed by atoms with van der Waals surface area (Å²) in [5.41, 5.74) is 2.20. The van der Waals surface area contributed by atoms with Crippen LogP contribution in [-0.4, -0.2) is 30.2 Å². The van der Waals surface area contributed by atoms with Crippen LogP contribution in [0.5, 0.6) is 0 Å². The van der Waals surface area contributed by atoms with Crippen LogP contribution in [0.25, 0.3) is 0 Å². The van der Waals surface area contributed by atoms with E-state index in [-0.39, 0.29) is 38.8 Å². The minimum atomic E-state index is -1.90. The van der Waals surface area contributed by atoms with E-state index < -0.39 is 18.4 Å². The Kier molecular flexibility index (Phi) is 5.67. The van der Waals surface area contributed by atoms with Crippen LogP contribution >= 0.6 is 0 Å². The van der Waals surface area contributed by atoms with Gasteiger partial charge in [-0.1, -0.05) is 0 Å². The fourth-order valence-corrected chi connectivity index (χ4v) is 5.09. The zero-order chi connectivity index (χ0) is 11.8. The minimum Gasteiger partial charge on any atom is 0 e. The van der Waals surface area contributed by atoms with Gasteiger partial charge in [-0.15, -0.1) is 0 Å². The molecule has 0 aromatic heterocycles. The number of rotatable bonds is 2. The van der Waals surface area contributed by atoms with Gasteiger partial charge in [0.2, 0.25) is 0 Å². The molecule has 0 spiro atoms. The average Bonchev–Trinajstić information content (AvgIpc) is 2.64. The summed E-state index contributed by atoms with van der Waals surface area (Å²) < 4.78 is 1.55. The smallest absolute Gasteiger partial charge is 0 e. The molecule has 0 saturated carbocycles. The Morgan fingerprint density at radius 1 is 1.24 bits per heavy atom. The van der Waals surface area contributed by atoms with Gasteiger partial charge in [0, 0.05) is 32.7 Å². The first-order chi connectivity index (χ1) is 7.47. The zero-order valence-corrected chi connectivity index (χ0v) is 16.4. The Balaban J connectivity index is 0.00000144. The van der Waals surface area contributed by atoms with Crippen LogP contribution in [0.1, 0.15) is 12.0 Å². The molecule has 17 heavy (non-hydrogen) atoms. The van der Waals surface area contributed by atoms with Crippen molar-refractivity contribution in [3.05, 3.63) is 36.8 Å². The van der Waals surface area contributed by atoms with E-state index in [1.54, 1.807) is 3.58 Å². The van der Waals surface area contributed by atoms with E-state index in [1.165, 1.54) is 5.56 Å². The van der Waals surface area contributed by atoms with E-state index in [4.69, 9.17) is 4.84 Å². The molecule has 1 heterocycles. The normalized spacial score (nSPS) is 19.3. The van der Waals surface area contributed by atoms with Crippen LogP contribution in [0.2, 0.25) is 14.8 Å². The van der Waals surface area contributed by atoms with Crippen LogP contribution in [0.3, 0.4) is 0 Å². The first-order valence-corrected chi connectivity index (χ1v) is 15.6. The average molecular weight is 412 g/mol. The topological polar surface area (TPSA) is 21.6 Å². The van der Waals surface area contributed by atoms with E-state index >= 15 is 0 Å². The molecule has 1 aromatic rings. The van der Waals surface area contributed by atoms with Crippen molar-refractivity contribution in [2.45, 2.75) is 27.3 Å². The molecule has 2 nitrogen and oxygen atoms in total. The summed E-state index contributed by atoms with van der Waals surface area (Å²) in [6.07, 6.45) is 0.800. The summed E-state index contributed by atoms with van der Waals surface area (Å²) >= 11 is -1.90. The molecule has 0 unspecified atom stereocenters. The molecule has 0 bridgehead atoms. The van der Waals surface area contributed by atoms with Gasteiger partial charge in [0.1, 0.15) is 0 Å². The molecule has 1 aliphatic heterocycles. The number of oxime groups is 1. The molecule has 1 aromatic carbocycles. The number of hydrogen-bond donors (Lipinski definition) is 0. The Morgan fingerprint density at radius 2 is 1.82 bits per heavy atom. The SMILES string of the molecule is [CH2-][C@@H]1CC(c2cc[c]([Sn]([CH3])([CH3])[CH3])cc2)=NO1.[Y]. The Labute approximate surface area is 133 Å².